The minimum Gasteiger partial charge on any atom is -0.376 e. The second-order valence-corrected chi connectivity index (χ2v) is 5.67. The third kappa shape index (κ3) is 4.15. The lowest BCUT2D eigenvalue weighted by molar-refractivity contribution is -0.119. The third-order valence-electron chi connectivity index (χ3n) is 3.59. The molecule has 0 spiro atoms. The van der Waals surface area contributed by atoms with Crippen LogP contribution in [0.4, 0.5) is 4.39 Å². The average molecular weight is 315 g/mol. The maximum atomic E-state index is 14.2. The van der Waals surface area contributed by atoms with E-state index in [4.69, 9.17) is 16.3 Å². The van der Waals surface area contributed by atoms with E-state index < -0.39 is 0 Å². The van der Waals surface area contributed by atoms with E-state index in [2.05, 4.69) is 10.2 Å². The van der Waals surface area contributed by atoms with Crippen molar-refractivity contribution in [1.29, 1.82) is 0 Å². The van der Waals surface area contributed by atoms with E-state index >= 15 is 0 Å². The van der Waals surface area contributed by atoms with E-state index in [9.17, 15) is 9.18 Å². The van der Waals surface area contributed by atoms with Crippen LogP contribution in [0.3, 0.4) is 0 Å². The first kappa shape index (κ1) is 16.2. The third-order valence-corrected chi connectivity index (χ3v) is 3.92. The van der Waals surface area contributed by atoms with Gasteiger partial charge in [-0.15, -0.1) is 0 Å². The molecule has 1 amide bonds. The Morgan fingerprint density at radius 1 is 1.62 bits per heavy atom. The van der Waals surface area contributed by atoms with Crippen LogP contribution in [0.15, 0.2) is 18.2 Å². The molecule has 1 aromatic rings. The molecular weight excluding hydrogens is 295 g/mol. The highest BCUT2D eigenvalue weighted by molar-refractivity contribution is 6.31. The molecule has 0 saturated carbocycles. The smallest absolute Gasteiger partial charge is 0.216 e. The van der Waals surface area contributed by atoms with Crippen molar-refractivity contribution in [3.8, 4) is 0 Å². The minimum atomic E-state index is -0.350. The summed E-state index contributed by atoms with van der Waals surface area (Å²) in [5.41, 5.74) is 0.432. The van der Waals surface area contributed by atoms with Gasteiger partial charge in [0.1, 0.15) is 5.82 Å². The number of rotatable bonds is 4. The van der Waals surface area contributed by atoms with E-state index in [-0.39, 0.29) is 23.9 Å². The predicted octanol–water partition coefficient (Wildman–Crippen LogP) is 2.38. The largest absolute Gasteiger partial charge is 0.376 e. The number of carbonyl (C=O) groups excluding carboxylic acids is 1. The van der Waals surface area contributed by atoms with Gasteiger partial charge >= 0.3 is 0 Å². The zero-order valence-corrected chi connectivity index (χ0v) is 13.0. The Balaban J connectivity index is 2.28. The quantitative estimate of drug-likeness (QED) is 0.928. The molecule has 1 N–H and O–H groups in total. The number of benzene rings is 1. The molecule has 2 atom stereocenters. The molecule has 0 aliphatic carbocycles. The van der Waals surface area contributed by atoms with Crippen LogP contribution in [0.1, 0.15) is 25.5 Å². The van der Waals surface area contributed by atoms with E-state index in [0.717, 1.165) is 0 Å². The lowest BCUT2D eigenvalue weighted by atomic mass is 10.0. The van der Waals surface area contributed by atoms with Crippen molar-refractivity contribution >= 4 is 17.5 Å². The van der Waals surface area contributed by atoms with Crippen LogP contribution in [-0.4, -0.2) is 43.2 Å². The first-order valence-corrected chi connectivity index (χ1v) is 7.41. The summed E-state index contributed by atoms with van der Waals surface area (Å²) >= 11 is 6.18. The Kier molecular flexibility index (Phi) is 5.56. The van der Waals surface area contributed by atoms with Crippen LogP contribution in [0.25, 0.3) is 0 Å². The standard InChI is InChI=1S/C15H20ClFN2O2/c1-10-9-19(6-7-21-10)14(8-18-11(2)20)15-12(16)4-3-5-13(15)17/h3-5,10,14H,6-9H2,1-2H3,(H,18,20)/t10-,14+/m1/s1. The molecule has 21 heavy (non-hydrogen) atoms. The summed E-state index contributed by atoms with van der Waals surface area (Å²) in [5.74, 6) is -0.495. The van der Waals surface area contributed by atoms with Crippen LogP contribution in [0.5, 0.6) is 0 Å². The summed E-state index contributed by atoms with van der Waals surface area (Å²) in [6.07, 6.45) is 0.0733. The molecule has 6 heteroatoms. The molecule has 116 valence electrons. The molecule has 1 heterocycles. The van der Waals surface area contributed by atoms with Gasteiger partial charge in [0, 0.05) is 37.1 Å². The Labute approximate surface area is 129 Å². The first-order chi connectivity index (χ1) is 9.99. The summed E-state index contributed by atoms with van der Waals surface area (Å²) < 4.78 is 19.7. The fourth-order valence-corrected chi connectivity index (χ4v) is 2.90. The lowest BCUT2D eigenvalue weighted by Crippen LogP contribution is -2.46. The van der Waals surface area contributed by atoms with Crippen molar-refractivity contribution in [1.82, 2.24) is 10.2 Å². The number of carbonyl (C=O) groups is 1. The van der Waals surface area contributed by atoms with Crippen molar-refractivity contribution in [2.75, 3.05) is 26.2 Å². The second-order valence-electron chi connectivity index (χ2n) is 5.26. The normalized spacial score (nSPS) is 21.0. The molecule has 0 aromatic heterocycles. The number of ether oxygens (including phenoxy) is 1. The summed E-state index contributed by atoms with van der Waals surface area (Å²) in [4.78, 5) is 13.3. The van der Waals surface area contributed by atoms with Crippen molar-refractivity contribution in [2.45, 2.75) is 26.0 Å². The molecule has 0 bridgehead atoms. The van der Waals surface area contributed by atoms with Gasteiger partial charge in [-0.2, -0.15) is 0 Å². The Morgan fingerprint density at radius 3 is 3.00 bits per heavy atom. The maximum absolute atomic E-state index is 14.2. The van der Waals surface area contributed by atoms with Gasteiger partial charge in [-0.25, -0.2) is 4.39 Å². The van der Waals surface area contributed by atoms with Gasteiger partial charge in [0.2, 0.25) is 5.91 Å². The van der Waals surface area contributed by atoms with Gasteiger partial charge in [0.05, 0.1) is 18.8 Å². The summed E-state index contributed by atoms with van der Waals surface area (Å²) in [6, 6.07) is 4.35. The van der Waals surface area contributed by atoms with Crippen molar-refractivity contribution in [3.63, 3.8) is 0 Å². The number of amides is 1. The number of hydrogen-bond acceptors (Lipinski definition) is 3. The molecule has 1 aliphatic rings. The number of hydrogen-bond donors (Lipinski definition) is 1. The van der Waals surface area contributed by atoms with Crippen LogP contribution in [0.2, 0.25) is 5.02 Å². The SMILES string of the molecule is CC(=O)NC[C@@H](c1c(F)cccc1Cl)N1CCO[C@H](C)C1. The molecule has 1 fully saturated rings. The van der Waals surface area contributed by atoms with Crippen LogP contribution in [-0.2, 0) is 9.53 Å². The summed E-state index contributed by atoms with van der Waals surface area (Å²) in [5, 5.41) is 3.14. The van der Waals surface area contributed by atoms with E-state index in [1.807, 2.05) is 6.92 Å². The molecule has 0 unspecified atom stereocenters. The topological polar surface area (TPSA) is 41.6 Å². The first-order valence-electron chi connectivity index (χ1n) is 7.03. The number of nitrogens with zero attached hydrogens (tertiary/aromatic N) is 1. The fourth-order valence-electron chi connectivity index (χ4n) is 2.61. The molecule has 1 aliphatic heterocycles. The summed E-state index contributed by atoms with van der Waals surface area (Å²) in [6.45, 7) is 5.69. The molecule has 1 aromatic carbocycles. The lowest BCUT2D eigenvalue weighted by Gasteiger charge is -2.38. The van der Waals surface area contributed by atoms with E-state index in [1.165, 1.54) is 13.0 Å². The van der Waals surface area contributed by atoms with Gasteiger partial charge in [0.15, 0.2) is 0 Å². The zero-order chi connectivity index (χ0) is 15.4. The predicted molar refractivity (Wildman–Crippen MR) is 79.8 cm³/mol. The Bertz CT molecular complexity index is 492. The maximum Gasteiger partial charge on any atom is 0.216 e. The fraction of sp³-hybridized carbons (Fsp3) is 0.533. The highest BCUT2D eigenvalue weighted by atomic mass is 35.5. The van der Waals surface area contributed by atoms with Crippen molar-refractivity contribution < 1.29 is 13.9 Å². The highest BCUT2D eigenvalue weighted by Crippen LogP contribution is 2.30. The summed E-state index contributed by atoms with van der Waals surface area (Å²) in [7, 11) is 0. The van der Waals surface area contributed by atoms with Crippen LogP contribution < -0.4 is 5.32 Å². The van der Waals surface area contributed by atoms with Crippen LogP contribution >= 0.6 is 11.6 Å². The van der Waals surface area contributed by atoms with Crippen LogP contribution in [0, 0.1) is 5.82 Å². The van der Waals surface area contributed by atoms with Gasteiger partial charge in [-0.3, -0.25) is 9.69 Å². The van der Waals surface area contributed by atoms with Gasteiger partial charge in [-0.05, 0) is 19.1 Å². The molecule has 0 radical (unpaired) electrons. The highest BCUT2D eigenvalue weighted by Gasteiger charge is 2.29. The zero-order valence-electron chi connectivity index (χ0n) is 12.2. The monoisotopic (exact) mass is 314 g/mol. The van der Waals surface area contributed by atoms with Crippen molar-refractivity contribution in [3.05, 3.63) is 34.6 Å². The van der Waals surface area contributed by atoms with E-state index in [1.54, 1.807) is 12.1 Å². The minimum absolute atomic E-state index is 0.0733. The average Bonchev–Trinajstić information content (AvgIpc) is 2.41. The van der Waals surface area contributed by atoms with Gasteiger partial charge < -0.3 is 10.1 Å². The van der Waals surface area contributed by atoms with Gasteiger partial charge in [0.25, 0.3) is 0 Å². The molecule has 2 rings (SSSR count). The Morgan fingerprint density at radius 2 is 2.38 bits per heavy atom. The second kappa shape index (κ2) is 7.20. The molecule has 1 saturated heterocycles. The number of morpholine rings is 1. The van der Waals surface area contributed by atoms with Gasteiger partial charge in [-0.1, -0.05) is 17.7 Å². The van der Waals surface area contributed by atoms with Crippen molar-refractivity contribution in [2.24, 2.45) is 0 Å². The molecule has 4 nitrogen and oxygen atoms in total. The Hall–Kier alpha value is -1.17. The number of nitrogens with one attached hydrogen (secondary N) is 1. The molecular formula is C15H20ClFN2O2. The van der Waals surface area contributed by atoms with E-state index in [0.29, 0.717) is 36.8 Å². The number of halogens is 2.